The van der Waals surface area contributed by atoms with E-state index in [-0.39, 0.29) is 11.9 Å². The lowest BCUT2D eigenvalue weighted by molar-refractivity contribution is 0.627. The van der Waals surface area contributed by atoms with Crippen LogP contribution in [0.1, 0.15) is 6.42 Å². The van der Waals surface area contributed by atoms with Crippen LogP contribution in [-0.2, 0) is 0 Å². The molecular weight excluding hydrogens is 247 g/mol. The third-order valence-electron chi connectivity index (χ3n) is 2.47. The highest BCUT2D eigenvalue weighted by molar-refractivity contribution is 9.10. The molecule has 0 aliphatic carbocycles. The van der Waals surface area contributed by atoms with Crippen LogP contribution in [-0.4, -0.2) is 19.1 Å². The Bertz CT molecular complexity index is 343. The minimum absolute atomic E-state index is 0.205. The van der Waals surface area contributed by atoms with E-state index < -0.39 is 0 Å². The molecule has 1 unspecified atom stereocenters. The average Bonchev–Trinajstić information content (AvgIpc) is 2.56. The van der Waals surface area contributed by atoms with Crippen molar-refractivity contribution in [3.8, 4) is 0 Å². The summed E-state index contributed by atoms with van der Waals surface area (Å²) in [6.45, 7) is 1.71. The number of rotatable bonds is 1. The maximum Gasteiger partial charge on any atom is 0.125 e. The molecular formula is C10H12BrFN2. The topological polar surface area (TPSA) is 29.3 Å². The first-order valence-corrected chi connectivity index (χ1v) is 5.41. The highest BCUT2D eigenvalue weighted by atomic mass is 79.9. The first-order valence-electron chi connectivity index (χ1n) is 4.62. The molecule has 4 heteroatoms. The van der Waals surface area contributed by atoms with Crippen molar-refractivity contribution >= 4 is 21.6 Å². The van der Waals surface area contributed by atoms with Crippen LogP contribution < -0.4 is 10.6 Å². The molecule has 1 aliphatic heterocycles. The van der Waals surface area contributed by atoms with Gasteiger partial charge in [0.15, 0.2) is 0 Å². The Morgan fingerprint density at radius 1 is 1.50 bits per heavy atom. The first-order chi connectivity index (χ1) is 6.66. The Kier molecular flexibility index (Phi) is 2.74. The van der Waals surface area contributed by atoms with Crippen molar-refractivity contribution in [1.82, 2.24) is 0 Å². The Morgan fingerprint density at radius 2 is 2.29 bits per heavy atom. The average molecular weight is 259 g/mol. The molecule has 1 aliphatic rings. The SMILES string of the molecule is NC1CCN(c2cc(F)ccc2Br)C1. The number of hydrogen-bond acceptors (Lipinski definition) is 2. The van der Waals surface area contributed by atoms with Crippen LogP contribution in [0, 0.1) is 5.82 Å². The van der Waals surface area contributed by atoms with Gasteiger partial charge >= 0.3 is 0 Å². The van der Waals surface area contributed by atoms with Gasteiger partial charge in [-0.25, -0.2) is 4.39 Å². The van der Waals surface area contributed by atoms with E-state index in [1.54, 1.807) is 12.1 Å². The quantitative estimate of drug-likeness (QED) is 0.837. The molecule has 14 heavy (non-hydrogen) atoms. The lowest BCUT2D eigenvalue weighted by atomic mass is 10.3. The molecule has 1 atom stereocenters. The maximum absolute atomic E-state index is 13.0. The molecule has 0 aromatic heterocycles. The Hall–Kier alpha value is -0.610. The van der Waals surface area contributed by atoms with Gasteiger partial charge in [0, 0.05) is 23.6 Å². The van der Waals surface area contributed by atoms with E-state index in [0.717, 1.165) is 29.7 Å². The summed E-state index contributed by atoms with van der Waals surface area (Å²) in [5, 5.41) is 0. The molecule has 1 aromatic rings. The van der Waals surface area contributed by atoms with Gasteiger partial charge in [-0.15, -0.1) is 0 Å². The van der Waals surface area contributed by atoms with Gasteiger partial charge in [0.25, 0.3) is 0 Å². The van der Waals surface area contributed by atoms with Crippen molar-refractivity contribution in [2.45, 2.75) is 12.5 Å². The monoisotopic (exact) mass is 258 g/mol. The van der Waals surface area contributed by atoms with Crippen molar-refractivity contribution in [3.05, 3.63) is 28.5 Å². The molecule has 0 amide bonds. The second kappa shape index (κ2) is 3.87. The van der Waals surface area contributed by atoms with Crippen molar-refractivity contribution < 1.29 is 4.39 Å². The molecule has 2 N–H and O–H groups in total. The number of hydrogen-bond donors (Lipinski definition) is 1. The van der Waals surface area contributed by atoms with Crippen molar-refractivity contribution in [3.63, 3.8) is 0 Å². The standard InChI is InChI=1S/C10H12BrFN2/c11-9-2-1-7(12)5-10(9)14-4-3-8(13)6-14/h1-2,5,8H,3-4,6,13H2. The number of halogens is 2. The van der Waals surface area contributed by atoms with E-state index in [4.69, 9.17) is 5.73 Å². The molecule has 1 saturated heterocycles. The number of anilines is 1. The summed E-state index contributed by atoms with van der Waals surface area (Å²) >= 11 is 3.41. The number of benzene rings is 1. The largest absolute Gasteiger partial charge is 0.369 e. The molecule has 2 nitrogen and oxygen atoms in total. The van der Waals surface area contributed by atoms with Crippen LogP contribution in [0.4, 0.5) is 10.1 Å². The lowest BCUT2D eigenvalue weighted by Gasteiger charge is -2.19. The second-order valence-electron chi connectivity index (χ2n) is 3.59. The summed E-state index contributed by atoms with van der Waals surface area (Å²) in [6.07, 6.45) is 0.975. The zero-order valence-electron chi connectivity index (χ0n) is 7.71. The van der Waals surface area contributed by atoms with E-state index in [1.807, 2.05) is 0 Å². The van der Waals surface area contributed by atoms with Gasteiger partial charge in [-0.05, 0) is 40.5 Å². The molecule has 0 saturated carbocycles. The molecule has 76 valence electrons. The van der Waals surface area contributed by atoms with Gasteiger partial charge in [-0.3, -0.25) is 0 Å². The third kappa shape index (κ3) is 1.91. The fourth-order valence-corrected chi connectivity index (χ4v) is 2.23. The fourth-order valence-electron chi connectivity index (χ4n) is 1.73. The fraction of sp³-hybridized carbons (Fsp3) is 0.400. The summed E-state index contributed by atoms with van der Waals surface area (Å²) in [5.41, 5.74) is 6.70. The van der Waals surface area contributed by atoms with Gasteiger partial charge in [0.05, 0.1) is 5.69 Å². The molecule has 0 radical (unpaired) electrons. The molecule has 0 bridgehead atoms. The summed E-state index contributed by atoms with van der Waals surface area (Å²) in [5.74, 6) is -0.205. The van der Waals surface area contributed by atoms with E-state index in [2.05, 4.69) is 20.8 Å². The van der Waals surface area contributed by atoms with Crippen molar-refractivity contribution in [1.29, 1.82) is 0 Å². The van der Waals surface area contributed by atoms with Crippen molar-refractivity contribution in [2.24, 2.45) is 5.73 Å². The third-order valence-corrected chi connectivity index (χ3v) is 3.14. The zero-order valence-corrected chi connectivity index (χ0v) is 9.30. The van der Waals surface area contributed by atoms with Crippen LogP contribution in [0.15, 0.2) is 22.7 Å². The van der Waals surface area contributed by atoms with Crippen LogP contribution in [0.3, 0.4) is 0 Å². The minimum atomic E-state index is -0.205. The van der Waals surface area contributed by atoms with Crippen LogP contribution in [0.25, 0.3) is 0 Å². The highest BCUT2D eigenvalue weighted by Gasteiger charge is 2.21. The molecule has 1 aromatic carbocycles. The normalized spacial score (nSPS) is 21.6. The molecule has 0 spiro atoms. The highest BCUT2D eigenvalue weighted by Crippen LogP contribution is 2.29. The van der Waals surface area contributed by atoms with Gasteiger partial charge in [0.2, 0.25) is 0 Å². The molecule has 1 heterocycles. The Balaban J connectivity index is 2.27. The Morgan fingerprint density at radius 3 is 2.93 bits per heavy atom. The predicted molar refractivity (Wildman–Crippen MR) is 58.9 cm³/mol. The van der Waals surface area contributed by atoms with Gasteiger partial charge < -0.3 is 10.6 Å². The smallest absolute Gasteiger partial charge is 0.125 e. The summed E-state index contributed by atoms with van der Waals surface area (Å²) in [7, 11) is 0. The minimum Gasteiger partial charge on any atom is -0.369 e. The van der Waals surface area contributed by atoms with Gasteiger partial charge in [0.1, 0.15) is 5.82 Å². The zero-order chi connectivity index (χ0) is 10.1. The maximum atomic E-state index is 13.0. The van der Waals surface area contributed by atoms with Gasteiger partial charge in [-0.2, -0.15) is 0 Å². The van der Waals surface area contributed by atoms with Crippen LogP contribution in [0.5, 0.6) is 0 Å². The van der Waals surface area contributed by atoms with Crippen LogP contribution >= 0.6 is 15.9 Å². The second-order valence-corrected chi connectivity index (χ2v) is 4.44. The van der Waals surface area contributed by atoms with E-state index in [9.17, 15) is 4.39 Å². The molecule has 2 rings (SSSR count). The number of nitrogens with two attached hydrogens (primary N) is 1. The molecule has 1 fully saturated rings. The predicted octanol–water partition coefficient (Wildman–Crippen LogP) is 2.13. The number of nitrogens with zero attached hydrogens (tertiary/aromatic N) is 1. The summed E-state index contributed by atoms with van der Waals surface area (Å²) in [6, 6.07) is 4.94. The van der Waals surface area contributed by atoms with Crippen molar-refractivity contribution in [2.75, 3.05) is 18.0 Å². The van der Waals surface area contributed by atoms with E-state index >= 15 is 0 Å². The summed E-state index contributed by atoms with van der Waals surface area (Å²) < 4.78 is 13.9. The van der Waals surface area contributed by atoms with E-state index in [0.29, 0.717) is 0 Å². The van der Waals surface area contributed by atoms with Crippen LogP contribution in [0.2, 0.25) is 0 Å². The summed E-state index contributed by atoms with van der Waals surface area (Å²) in [4.78, 5) is 2.11. The van der Waals surface area contributed by atoms with Gasteiger partial charge in [-0.1, -0.05) is 0 Å². The first kappa shape index (κ1) is 9.93. The lowest BCUT2D eigenvalue weighted by Crippen LogP contribution is -2.26. The Labute approximate surface area is 91.0 Å². The van der Waals surface area contributed by atoms with E-state index in [1.165, 1.54) is 6.07 Å².